The first-order chi connectivity index (χ1) is 15.8. The van der Waals surface area contributed by atoms with Gasteiger partial charge < -0.3 is 4.74 Å². The zero-order valence-corrected chi connectivity index (χ0v) is 19.4. The number of aryl methyl sites for hydroxylation is 1. The molecule has 2 aromatic heterocycles. The number of aromatic nitrogens is 4. The van der Waals surface area contributed by atoms with Gasteiger partial charge in [-0.25, -0.2) is 4.98 Å². The van der Waals surface area contributed by atoms with Crippen LogP contribution in [0.5, 0.6) is 5.75 Å². The summed E-state index contributed by atoms with van der Waals surface area (Å²) in [4.78, 5) is 36.6. The third-order valence-electron chi connectivity index (χ3n) is 5.78. The Kier molecular flexibility index (Phi) is 6.00. The predicted octanol–water partition coefficient (Wildman–Crippen LogP) is 4.01. The molecule has 0 aliphatic rings. The van der Waals surface area contributed by atoms with Crippen molar-refractivity contribution in [2.75, 3.05) is 12.0 Å². The van der Waals surface area contributed by atoms with Gasteiger partial charge in [0.25, 0.3) is 17.2 Å². The maximum atomic E-state index is 13.5. The second-order valence-electron chi connectivity index (χ2n) is 8.33. The molecule has 2 aromatic carbocycles. The van der Waals surface area contributed by atoms with E-state index in [4.69, 9.17) is 4.74 Å². The molecule has 0 saturated carbocycles. The summed E-state index contributed by atoms with van der Waals surface area (Å²) < 4.78 is 6.48. The molecule has 8 nitrogen and oxygen atoms in total. The van der Waals surface area contributed by atoms with Crippen LogP contribution in [0, 0.1) is 13.8 Å². The first-order valence-corrected chi connectivity index (χ1v) is 10.8. The lowest BCUT2D eigenvalue weighted by atomic mass is 10.0. The van der Waals surface area contributed by atoms with Crippen molar-refractivity contribution in [3.63, 3.8) is 0 Å². The molecule has 1 amide bonds. The lowest BCUT2D eigenvalue weighted by Crippen LogP contribution is -2.31. The number of methoxy groups -OCH3 is 1. The van der Waals surface area contributed by atoms with Gasteiger partial charge >= 0.3 is 0 Å². The number of hydrogen-bond donors (Lipinski definition) is 1. The fourth-order valence-corrected chi connectivity index (χ4v) is 3.54. The van der Waals surface area contributed by atoms with Crippen LogP contribution in [-0.4, -0.2) is 32.6 Å². The van der Waals surface area contributed by atoms with E-state index in [0.29, 0.717) is 28.5 Å². The third kappa shape index (κ3) is 4.37. The number of carbonyl (C=O) groups is 1. The van der Waals surface area contributed by atoms with E-state index < -0.39 is 0 Å². The van der Waals surface area contributed by atoms with E-state index in [1.165, 1.54) is 15.0 Å². The summed E-state index contributed by atoms with van der Waals surface area (Å²) >= 11 is 0. The summed E-state index contributed by atoms with van der Waals surface area (Å²) in [5.41, 5.74) is 3.53. The number of carbonyl (C=O) groups excluding carboxylic acids is 1. The van der Waals surface area contributed by atoms with Crippen molar-refractivity contribution in [2.24, 2.45) is 0 Å². The Morgan fingerprint density at radius 3 is 2.33 bits per heavy atom. The number of nitrogens with one attached hydrogen (secondary N) is 1. The number of aromatic amines is 1. The summed E-state index contributed by atoms with van der Waals surface area (Å²) in [6.45, 7) is 8.03. The molecule has 0 unspecified atom stereocenters. The molecule has 0 radical (unpaired) electrons. The number of rotatable bonds is 6. The molecular weight excluding hydrogens is 418 g/mol. The Balaban J connectivity index is 1.78. The summed E-state index contributed by atoms with van der Waals surface area (Å²) in [5.74, 6) is 1.29. The molecule has 4 aromatic rings. The zero-order valence-electron chi connectivity index (χ0n) is 19.4. The molecule has 33 heavy (non-hydrogen) atoms. The maximum absolute atomic E-state index is 13.5. The van der Waals surface area contributed by atoms with Gasteiger partial charge in [-0.1, -0.05) is 38.1 Å². The largest absolute Gasteiger partial charge is 0.497 e. The summed E-state index contributed by atoms with van der Waals surface area (Å²) in [6.07, 6.45) is 0. The van der Waals surface area contributed by atoms with E-state index in [2.05, 4.69) is 41.0 Å². The van der Waals surface area contributed by atoms with Crippen LogP contribution in [-0.2, 0) is 6.54 Å². The van der Waals surface area contributed by atoms with Gasteiger partial charge in [0.05, 0.1) is 13.7 Å². The highest BCUT2D eigenvalue weighted by Gasteiger charge is 2.23. The molecule has 0 atom stereocenters. The lowest BCUT2D eigenvalue weighted by molar-refractivity contribution is 0.0983. The monoisotopic (exact) mass is 445 g/mol. The quantitative estimate of drug-likeness (QED) is 0.484. The van der Waals surface area contributed by atoms with E-state index >= 15 is 0 Å². The van der Waals surface area contributed by atoms with E-state index in [-0.39, 0.29) is 29.7 Å². The minimum atomic E-state index is -0.258. The van der Waals surface area contributed by atoms with Crippen LogP contribution in [0.2, 0.25) is 0 Å². The van der Waals surface area contributed by atoms with Crippen molar-refractivity contribution in [3.8, 4) is 5.75 Å². The van der Waals surface area contributed by atoms with Gasteiger partial charge in [0.2, 0.25) is 5.95 Å². The minimum absolute atomic E-state index is 0.223. The third-order valence-corrected chi connectivity index (χ3v) is 5.78. The second kappa shape index (κ2) is 8.90. The van der Waals surface area contributed by atoms with Crippen LogP contribution in [0.1, 0.15) is 52.5 Å². The van der Waals surface area contributed by atoms with Crippen LogP contribution in [0.3, 0.4) is 0 Å². The average Bonchev–Trinajstić information content (AvgIpc) is 3.24. The van der Waals surface area contributed by atoms with Gasteiger partial charge in [-0.05, 0) is 55.2 Å². The molecule has 8 heteroatoms. The second-order valence-corrected chi connectivity index (χ2v) is 8.33. The Hall–Kier alpha value is -3.94. The van der Waals surface area contributed by atoms with Crippen LogP contribution in [0.15, 0.2) is 53.3 Å². The van der Waals surface area contributed by atoms with E-state index in [1.807, 2.05) is 12.1 Å². The highest BCUT2D eigenvalue weighted by molar-refractivity contribution is 6.05. The van der Waals surface area contributed by atoms with Crippen molar-refractivity contribution in [2.45, 2.75) is 40.2 Å². The number of anilines is 1. The van der Waals surface area contributed by atoms with Crippen LogP contribution < -0.4 is 15.2 Å². The van der Waals surface area contributed by atoms with E-state index in [0.717, 1.165) is 5.56 Å². The topological polar surface area (TPSA) is 92.6 Å². The SMILES string of the molecule is COc1ccc(C(=O)N(Cc2ccc(C(C)C)cc2)c2nc3nc(C)c(C)c(=O)n3[nH]2)cc1. The first kappa shape index (κ1) is 22.3. The number of hydrogen-bond acceptors (Lipinski definition) is 5. The van der Waals surface area contributed by atoms with Crippen LogP contribution in [0.25, 0.3) is 5.78 Å². The highest BCUT2D eigenvalue weighted by Crippen LogP contribution is 2.21. The Morgan fingerprint density at radius 2 is 1.73 bits per heavy atom. The standard InChI is InChI=1S/C25H27N5O3/c1-15(2)19-8-6-18(7-9-19)14-29(23(32)20-10-12-21(33-5)13-11-20)25-27-24-26-17(4)16(3)22(31)30(24)28-25/h6-13,15H,14H2,1-5H3,(H,26,27,28). The molecule has 0 aliphatic carbocycles. The highest BCUT2D eigenvalue weighted by atomic mass is 16.5. The van der Waals surface area contributed by atoms with Crippen LogP contribution >= 0.6 is 0 Å². The minimum Gasteiger partial charge on any atom is -0.497 e. The van der Waals surface area contributed by atoms with Gasteiger partial charge in [-0.3, -0.25) is 19.6 Å². The number of ether oxygens (including phenoxy) is 1. The van der Waals surface area contributed by atoms with Crippen molar-refractivity contribution in [3.05, 3.63) is 86.8 Å². The van der Waals surface area contributed by atoms with Crippen LogP contribution in [0.4, 0.5) is 5.95 Å². The number of nitrogens with zero attached hydrogens (tertiary/aromatic N) is 4. The predicted molar refractivity (Wildman–Crippen MR) is 127 cm³/mol. The summed E-state index contributed by atoms with van der Waals surface area (Å²) in [6, 6.07) is 15.0. The number of H-pyrrole nitrogens is 1. The van der Waals surface area contributed by atoms with Gasteiger partial charge in [0.1, 0.15) is 5.75 Å². The summed E-state index contributed by atoms with van der Waals surface area (Å²) in [5, 5.41) is 2.97. The van der Waals surface area contributed by atoms with Gasteiger partial charge in [0, 0.05) is 16.8 Å². The Labute approximate surface area is 191 Å². The molecular formula is C25H27N5O3. The number of amides is 1. The van der Waals surface area contributed by atoms with Gasteiger partial charge in [-0.15, -0.1) is 0 Å². The molecule has 0 aliphatic heterocycles. The van der Waals surface area contributed by atoms with E-state index in [9.17, 15) is 9.59 Å². The molecule has 4 rings (SSSR count). The first-order valence-electron chi connectivity index (χ1n) is 10.8. The fraction of sp³-hybridized carbons (Fsp3) is 0.280. The lowest BCUT2D eigenvalue weighted by Gasteiger charge is -2.20. The van der Waals surface area contributed by atoms with Gasteiger partial charge in [0.15, 0.2) is 0 Å². The number of benzene rings is 2. The molecule has 0 saturated heterocycles. The van der Waals surface area contributed by atoms with Crippen molar-refractivity contribution >= 4 is 17.6 Å². The normalized spacial score (nSPS) is 11.2. The van der Waals surface area contributed by atoms with Gasteiger partial charge in [-0.2, -0.15) is 9.50 Å². The smallest absolute Gasteiger partial charge is 0.277 e. The number of fused-ring (bicyclic) bond motifs is 1. The Bertz CT molecular complexity index is 1350. The average molecular weight is 446 g/mol. The summed E-state index contributed by atoms with van der Waals surface area (Å²) in [7, 11) is 1.58. The molecule has 0 spiro atoms. The zero-order chi connectivity index (χ0) is 23.7. The maximum Gasteiger partial charge on any atom is 0.277 e. The molecule has 0 fully saturated rings. The molecule has 170 valence electrons. The molecule has 2 heterocycles. The Morgan fingerprint density at radius 1 is 1.06 bits per heavy atom. The molecule has 1 N–H and O–H groups in total. The van der Waals surface area contributed by atoms with Crippen molar-refractivity contribution in [1.82, 2.24) is 19.6 Å². The van der Waals surface area contributed by atoms with Crippen molar-refractivity contribution < 1.29 is 9.53 Å². The molecule has 0 bridgehead atoms. The fourth-order valence-electron chi connectivity index (χ4n) is 3.54. The van der Waals surface area contributed by atoms with Crippen molar-refractivity contribution in [1.29, 1.82) is 0 Å². The van der Waals surface area contributed by atoms with E-state index in [1.54, 1.807) is 45.2 Å².